The maximum absolute atomic E-state index is 11.0. The van der Waals surface area contributed by atoms with E-state index < -0.39 is 11.9 Å². The van der Waals surface area contributed by atoms with Crippen molar-refractivity contribution in [2.24, 2.45) is 11.8 Å². The van der Waals surface area contributed by atoms with Crippen LogP contribution in [0.25, 0.3) is 0 Å². The molecule has 200 valence electrons. The van der Waals surface area contributed by atoms with Crippen molar-refractivity contribution in [2.45, 2.75) is 70.5 Å². The lowest BCUT2D eigenvalue weighted by atomic mass is 10.0. The number of Topliss-reactive ketones (excluding diaryl/α,β-unsaturated/α-hetero) is 2. The average molecular weight is 507 g/mol. The van der Waals surface area contributed by atoms with Gasteiger partial charge in [-0.05, 0) is 32.1 Å². The Morgan fingerprint density at radius 3 is 2.31 bits per heavy atom. The van der Waals surface area contributed by atoms with Gasteiger partial charge in [0.15, 0.2) is 0 Å². The maximum atomic E-state index is 11.0. The number of ketones is 2. The SMILES string of the molecule is C=CCC(=O)OC1CCCO1.C=CCC1CC(=O)CC1=O.C=CCCCOCCC1CC(=O)OC1=O. The van der Waals surface area contributed by atoms with E-state index in [1.54, 1.807) is 6.08 Å². The zero-order valence-electron chi connectivity index (χ0n) is 21.0. The Kier molecular flexibility index (Phi) is 15.9. The molecule has 3 unspecified atom stereocenters. The molecule has 3 aliphatic rings. The summed E-state index contributed by atoms with van der Waals surface area (Å²) in [7, 11) is 0. The normalized spacial score (nSPS) is 22.6. The van der Waals surface area contributed by atoms with E-state index in [9.17, 15) is 24.0 Å². The first-order valence-electron chi connectivity index (χ1n) is 12.3. The smallest absolute Gasteiger partial charge is 0.317 e. The highest BCUT2D eigenvalue weighted by molar-refractivity contribution is 6.07. The van der Waals surface area contributed by atoms with Crippen molar-refractivity contribution < 1.29 is 42.9 Å². The van der Waals surface area contributed by atoms with Crippen molar-refractivity contribution >= 4 is 29.5 Å². The molecule has 0 bridgehead atoms. The van der Waals surface area contributed by atoms with Crippen molar-refractivity contribution in [3.63, 3.8) is 0 Å². The minimum Gasteiger partial charge on any atom is -0.436 e. The van der Waals surface area contributed by atoms with Gasteiger partial charge in [-0.2, -0.15) is 0 Å². The first-order valence-corrected chi connectivity index (χ1v) is 12.3. The standard InChI is InChI=1S/C11H16O4.C8H12O3.C8H10O2/c1-2-3-4-6-14-7-5-9-8-10(12)15-11(9)13;1-2-4-7(9)11-8-5-3-6-10-8;1-2-3-6-4-7(9)5-8(6)10/h2,9H,1,3-8H2;2,8H,1,3-6H2;2,6H,1,3-5H2. The van der Waals surface area contributed by atoms with Gasteiger partial charge in [0.25, 0.3) is 0 Å². The van der Waals surface area contributed by atoms with Gasteiger partial charge in [0, 0.05) is 32.0 Å². The number of esters is 3. The number of carbonyl (C=O) groups excluding carboxylic acids is 5. The molecule has 2 saturated heterocycles. The molecule has 0 aromatic carbocycles. The molecule has 0 N–H and O–H groups in total. The molecular formula is C27H38O9. The Morgan fingerprint density at radius 1 is 1.00 bits per heavy atom. The molecule has 2 heterocycles. The van der Waals surface area contributed by atoms with E-state index in [-0.39, 0.29) is 54.9 Å². The van der Waals surface area contributed by atoms with Crippen molar-refractivity contribution in [2.75, 3.05) is 19.8 Å². The predicted octanol–water partition coefficient (Wildman–Crippen LogP) is 3.80. The van der Waals surface area contributed by atoms with E-state index in [0.717, 1.165) is 25.7 Å². The van der Waals surface area contributed by atoms with Gasteiger partial charge in [-0.25, -0.2) is 0 Å². The van der Waals surface area contributed by atoms with Crippen LogP contribution in [-0.2, 0) is 42.9 Å². The van der Waals surface area contributed by atoms with Crippen LogP contribution in [0.5, 0.6) is 0 Å². The molecule has 0 aromatic heterocycles. The minimum absolute atomic E-state index is 0.0509. The molecule has 0 aromatic rings. The highest BCUT2D eigenvalue weighted by Crippen LogP contribution is 2.21. The number of cyclic esters (lactones) is 2. The number of hydrogen-bond donors (Lipinski definition) is 0. The van der Waals surface area contributed by atoms with Crippen molar-refractivity contribution in [3.8, 4) is 0 Å². The van der Waals surface area contributed by atoms with Crippen LogP contribution < -0.4 is 0 Å². The molecule has 36 heavy (non-hydrogen) atoms. The van der Waals surface area contributed by atoms with Crippen LogP contribution in [0.1, 0.15) is 64.2 Å². The second kappa shape index (κ2) is 18.4. The Hall–Kier alpha value is -2.91. The Labute approximate surface area is 212 Å². The van der Waals surface area contributed by atoms with Crippen LogP contribution >= 0.6 is 0 Å². The molecule has 1 aliphatic carbocycles. The van der Waals surface area contributed by atoms with Crippen molar-refractivity contribution in [3.05, 3.63) is 38.0 Å². The van der Waals surface area contributed by atoms with Gasteiger partial charge in [0.1, 0.15) is 11.6 Å². The summed E-state index contributed by atoms with van der Waals surface area (Å²) in [6.07, 6.45) is 10.7. The number of ether oxygens (including phenoxy) is 4. The second-order valence-electron chi connectivity index (χ2n) is 8.56. The molecule has 3 fully saturated rings. The molecule has 2 aliphatic heterocycles. The molecule has 3 rings (SSSR count). The molecule has 0 amide bonds. The van der Waals surface area contributed by atoms with Gasteiger partial charge < -0.3 is 18.9 Å². The Balaban J connectivity index is 0.000000277. The lowest BCUT2D eigenvalue weighted by molar-refractivity contribution is -0.168. The van der Waals surface area contributed by atoms with Gasteiger partial charge in [-0.3, -0.25) is 24.0 Å². The third-order valence-corrected chi connectivity index (χ3v) is 5.48. The molecule has 9 heteroatoms. The number of rotatable bonds is 12. The highest BCUT2D eigenvalue weighted by Gasteiger charge is 2.32. The van der Waals surface area contributed by atoms with E-state index in [2.05, 4.69) is 24.5 Å². The number of carbonyl (C=O) groups is 5. The van der Waals surface area contributed by atoms with E-state index in [0.29, 0.717) is 39.1 Å². The molecule has 0 radical (unpaired) electrons. The largest absolute Gasteiger partial charge is 0.436 e. The Bertz CT molecular complexity index is 780. The lowest BCUT2D eigenvalue weighted by Crippen LogP contribution is -2.15. The number of hydrogen-bond acceptors (Lipinski definition) is 9. The topological polar surface area (TPSA) is 122 Å². The van der Waals surface area contributed by atoms with Gasteiger partial charge in [0.05, 0.1) is 31.8 Å². The van der Waals surface area contributed by atoms with Gasteiger partial charge in [0.2, 0.25) is 6.29 Å². The van der Waals surface area contributed by atoms with E-state index in [4.69, 9.17) is 14.2 Å². The predicted molar refractivity (Wildman–Crippen MR) is 132 cm³/mol. The number of allylic oxidation sites excluding steroid dienone is 2. The third kappa shape index (κ3) is 13.3. The fourth-order valence-electron chi connectivity index (χ4n) is 3.57. The summed E-state index contributed by atoms with van der Waals surface area (Å²) >= 11 is 0. The fourth-order valence-corrected chi connectivity index (χ4v) is 3.57. The molecule has 3 atom stereocenters. The minimum atomic E-state index is -0.420. The summed E-state index contributed by atoms with van der Waals surface area (Å²) in [5.41, 5.74) is 0. The van der Waals surface area contributed by atoms with Crippen LogP contribution in [0.4, 0.5) is 0 Å². The molecule has 9 nitrogen and oxygen atoms in total. The maximum Gasteiger partial charge on any atom is 0.317 e. The van der Waals surface area contributed by atoms with Crippen LogP contribution in [0.15, 0.2) is 38.0 Å². The van der Waals surface area contributed by atoms with Crippen molar-refractivity contribution in [1.82, 2.24) is 0 Å². The van der Waals surface area contributed by atoms with Crippen LogP contribution in [-0.4, -0.2) is 55.6 Å². The first-order chi connectivity index (χ1) is 17.3. The highest BCUT2D eigenvalue weighted by atomic mass is 16.7. The second-order valence-corrected chi connectivity index (χ2v) is 8.56. The first kappa shape index (κ1) is 31.1. The van der Waals surface area contributed by atoms with E-state index >= 15 is 0 Å². The summed E-state index contributed by atoms with van der Waals surface area (Å²) in [6.45, 7) is 12.4. The molecule has 1 saturated carbocycles. The molecular weight excluding hydrogens is 468 g/mol. The lowest BCUT2D eigenvalue weighted by Gasteiger charge is -2.09. The molecule has 0 spiro atoms. The average Bonchev–Trinajstić information content (AvgIpc) is 3.53. The van der Waals surface area contributed by atoms with Crippen molar-refractivity contribution in [1.29, 1.82) is 0 Å². The van der Waals surface area contributed by atoms with Gasteiger partial charge in [-0.15, -0.1) is 19.7 Å². The zero-order chi connectivity index (χ0) is 26.8. The summed E-state index contributed by atoms with van der Waals surface area (Å²) < 4.78 is 19.7. The number of unbranched alkanes of at least 4 members (excludes halogenated alkanes) is 1. The van der Waals surface area contributed by atoms with Gasteiger partial charge >= 0.3 is 17.9 Å². The quantitative estimate of drug-likeness (QED) is 0.168. The van der Waals surface area contributed by atoms with Crippen LogP contribution in [0.3, 0.4) is 0 Å². The van der Waals surface area contributed by atoms with E-state index in [1.807, 2.05) is 6.08 Å². The summed E-state index contributed by atoms with van der Waals surface area (Å²) in [5, 5.41) is 0. The van der Waals surface area contributed by atoms with Crippen LogP contribution in [0.2, 0.25) is 0 Å². The third-order valence-electron chi connectivity index (χ3n) is 5.48. The zero-order valence-corrected chi connectivity index (χ0v) is 21.0. The van der Waals surface area contributed by atoms with Crippen LogP contribution in [0, 0.1) is 11.8 Å². The fraction of sp³-hybridized carbons (Fsp3) is 0.593. The van der Waals surface area contributed by atoms with E-state index in [1.165, 1.54) is 6.08 Å². The summed E-state index contributed by atoms with van der Waals surface area (Å²) in [4.78, 5) is 54.2. The summed E-state index contributed by atoms with van der Waals surface area (Å²) in [5.74, 6) is -1.26. The monoisotopic (exact) mass is 506 g/mol. The van der Waals surface area contributed by atoms with Gasteiger partial charge in [-0.1, -0.05) is 18.2 Å². The summed E-state index contributed by atoms with van der Waals surface area (Å²) in [6, 6.07) is 0. The Morgan fingerprint density at radius 2 is 1.78 bits per heavy atom.